The third-order valence-electron chi connectivity index (χ3n) is 4.24. The molecule has 0 atom stereocenters. The van der Waals surface area contributed by atoms with E-state index in [0.29, 0.717) is 29.3 Å². The normalized spacial score (nSPS) is 10.5. The molecule has 0 saturated heterocycles. The molecule has 0 fully saturated rings. The largest absolute Gasteiger partial charge is 0.489 e. The van der Waals surface area contributed by atoms with E-state index in [2.05, 4.69) is 20.7 Å². The Morgan fingerprint density at radius 3 is 2.38 bits per heavy atom. The van der Waals surface area contributed by atoms with Crippen molar-refractivity contribution in [2.75, 3.05) is 5.32 Å². The summed E-state index contributed by atoms with van der Waals surface area (Å²) in [5.74, 6) is -0.0888. The van der Waals surface area contributed by atoms with Crippen LogP contribution in [0.4, 0.5) is 10.1 Å². The van der Waals surface area contributed by atoms with Crippen LogP contribution in [0.3, 0.4) is 0 Å². The predicted molar refractivity (Wildman–Crippen MR) is 107 cm³/mol. The first-order chi connectivity index (χ1) is 14.2. The fourth-order valence-electron chi connectivity index (χ4n) is 2.76. The van der Waals surface area contributed by atoms with Gasteiger partial charge in [-0.1, -0.05) is 30.3 Å². The van der Waals surface area contributed by atoms with Crippen LogP contribution in [0.5, 0.6) is 5.75 Å². The molecule has 6 nitrogen and oxygen atoms in total. The molecular weight excluding hydrogens is 371 g/mol. The van der Waals surface area contributed by atoms with Gasteiger partial charge in [0.1, 0.15) is 23.9 Å². The Kier molecular flexibility index (Phi) is 5.29. The molecule has 1 aromatic heterocycles. The third kappa shape index (κ3) is 4.47. The maximum Gasteiger partial charge on any atom is 0.278 e. The fraction of sp³-hybridized carbons (Fsp3) is 0.0455. The zero-order valence-electron chi connectivity index (χ0n) is 15.3. The Labute approximate surface area is 166 Å². The zero-order chi connectivity index (χ0) is 20.1. The van der Waals surface area contributed by atoms with E-state index in [0.717, 1.165) is 5.56 Å². The summed E-state index contributed by atoms with van der Waals surface area (Å²) in [7, 11) is 0. The molecule has 3 aromatic carbocycles. The van der Waals surface area contributed by atoms with Gasteiger partial charge in [-0.15, -0.1) is 0 Å². The number of carbonyl (C=O) groups excluding carboxylic acids is 1. The predicted octanol–water partition coefficient (Wildman–Crippen LogP) is 4.44. The van der Waals surface area contributed by atoms with Crippen LogP contribution in [-0.2, 0) is 6.61 Å². The molecule has 0 unspecified atom stereocenters. The highest BCUT2D eigenvalue weighted by Crippen LogP contribution is 2.22. The Hall–Kier alpha value is -4.00. The molecule has 0 spiro atoms. The quantitative estimate of drug-likeness (QED) is 0.512. The van der Waals surface area contributed by atoms with Crippen molar-refractivity contribution < 1.29 is 13.9 Å². The van der Waals surface area contributed by atoms with E-state index < -0.39 is 5.91 Å². The molecule has 2 N–H and O–H groups in total. The molecule has 0 aliphatic rings. The number of anilines is 1. The minimum Gasteiger partial charge on any atom is -0.489 e. The minimum atomic E-state index is -0.420. The topological polar surface area (TPSA) is 79.9 Å². The highest BCUT2D eigenvalue weighted by atomic mass is 19.1. The van der Waals surface area contributed by atoms with E-state index in [9.17, 15) is 9.18 Å². The average Bonchev–Trinajstić information content (AvgIpc) is 3.25. The van der Waals surface area contributed by atoms with Gasteiger partial charge >= 0.3 is 0 Å². The lowest BCUT2D eigenvalue weighted by Crippen LogP contribution is -2.13. The maximum absolute atomic E-state index is 13.1. The molecule has 29 heavy (non-hydrogen) atoms. The van der Waals surface area contributed by atoms with E-state index in [1.54, 1.807) is 36.4 Å². The number of hydrogen-bond acceptors (Lipinski definition) is 4. The summed E-state index contributed by atoms with van der Waals surface area (Å²) in [4.78, 5) is 12.6. The van der Waals surface area contributed by atoms with Crippen molar-refractivity contribution in [3.05, 3.63) is 95.9 Å². The second-order valence-electron chi connectivity index (χ2n) is 6.28. The minimum absolute atomic E-state index is 0.126. The first kappa shape index (κ1) is 18.4. The molecule has 1 amide bonds. The van der Waals surface area contributed by atoms with Crippen molar-refractivity contribution in [1.82, 2.24) is 15.4 Å². The number of halogens is 1. The number of aromatic nitrogens is 3. The molecule has 0 saturated carbocycles. The smallest absolute Gasteiger partial charge is 0.278 e. The number of nitrogens with zero attached hydrogens (tertiary/aromatic N) is 2. The van der Waals surface area contributed by atoms with Gasteiger partial charge in [0, 0.05) is 11.3 Å². The van der Waals surface area contributed by atoms with Gasteiger partial charge in [-0.25, -0.2) is 4.39 Å². The molecule has 4 aromatic rings. The monoisotopic (exact) mass is 388 g/mol. The number of rotatable bonds is 6. The highest BCUT2D eigenvalue weighted by Gasteiger charge is 2.18. The number of nitrogens with one attached hydrogen (secondary N) is 2. The zero-order valence-corrected chi connectivity index (χ0v) is 15.3. The van der Waals surface area contributed by atoms with Gasteiger partial charge < -0.3 is 10.1 Å². The van der Waals surface area contributed by atoms with Gasteiger partial charge in [0.05, 0.1) is 0 Å². The summed E-state index contributed by atoms with van der Waals surface area (Å²) in [5, 5.41) is 13.2. The van der Waals surface area contributed by atoms with Crippen LogP contribution in [0, 0.1) is 5.82 Å². The molecule has 0 radical (unpaired) electrons. The summed E-state index contributed by atoms with van der Waals surface area (Å²) >= 11 is 0. The van der Waals surface area contributed by atoms with Gasteiger partial charge in [-0.3, -0.25) is 4.79 Å². The van der Waals surface area contributed by atoms with Crippen molar-refractivity contribution in [2.24, 2.45) is 0 Å². The Morgan fingerprint density at radius 1 is 0.931 bits per heavy atom. The van der Waals surface area contributed by atoms with Crippen molar-refractivity contribution in [2.45, 2.75) is 6.61 Å². The Bertz CT molecular complexity index is 1090. The standard InChI is InChI=1S/C22H17FN4O2/c23-17-8-6-16(7-9-17)20-21(26-27-25-20)22(28)24-18-10-12-19(13-11-18)29-14-15-4-2-1-3-5-15/h1-13H,14H2,(H,24,28)(H,25,26,27). The van der Waals surface area contributed by atoms with E-state index >= 15 is 0 Å². The summed E-state index contributed by atoms with van der Waals surface area (Å²) in [6.45, 7) is 0.465. The lowest BCUT2D eigenvalue weighted by molar-refractivity contribution is 0.102. The van der Waals surface area contributed by atoms with Crippen molar-refractivity contribution in [3.8, 4) is 17.0 Å². The molecule has 1 heterocycles. The lowest BCUT2D eigenvalue weighted by Gasteiger charge is -2.08. The summed E-state index contributed by atoms with van der Waals surface area (Å²) in [6.07, 6.45) is 0. The summed E-state index contributed by atoms with van der Waals surface area (Å²) in [6, 6.07) is 22.6. The van der Waals surface area contributed by atoms with Crippen LogP contribution in [-0.4, -0.2) is 21.3 Å². The number of carbonyl (C=O) groups is 1. The number of amides is 1. The van der Waals surface area contributed by atoms with Gasteiger partial charge in [-0.05, 0) is 54.1 Å². The van der Waals surface area contributed by atoms with Crippen LogP contribution >= 0.6 is 0 Å². The SMILES string of the molecule is O=C(Nc1ccc(OCc2ccccc2)cc1)c1n[nH]nc1-c1ccc(F)cc1. The second-order valence-corrected chi connectivity index (χ2v) is 6.28. The average molecular weight is 388 g/mol. The number of aromatic amines is 1. The van der Waals surface area contributed by atoms with E-state index in [1.165, 1.54) is 12.1 Å². The molecule has 0 bridgehead atoms. The molecule has 0 aliphatic carbocycles. The van der Waals surface area contributed by atoms with E-state index in [4.69, 9.17) is 4.74 Å². The van der Waals surface area contributed by atoms with Crippen LogP contribution in [0.15, 0.2) is 78.9 Å². The van der Waals surface area contributed by atoms with Crippen molar-refractivity contribution in [3.63, 3.8) is 0 Å². The number of benzene rings is 3. The third-order valence-corrected chi connectivity index (χ3v) is 4.24. The van der Waals surface area contributed by atoms with Crippen LogP contribution in [0.1, 0.15) is 16.1 Å². The second kappa shape index (κ2) is 8.35. The summed E-state index contributed by atoms with van der Waals surface area (Å²) < 4.78 is 18.9. The number of hydrogen-bond donors (Lipinski definition) is 2. The van der Waals surface area contributed by atoms with Gasteiger partial charge in [0.25, 0.3) is 5.91 Å². The van der Waals surface area contributed by atoms with E-state index in [-0.39, 0.29) is 11.5 Å². The number of H-pyrrole nitrogens is 1. The Balaban J connectivity index is 1.41. The lowest BCUT2D eigenvalue weighted by atomic mass is 10.1. The molecular formula is C22H17FN4O2. The molecule has 144 valence electrons. The first-order valence-electron chi connectivity index (χ1n) is 8.94. The Morgan fingerprint density at radius 2 is 1.66 bits per heavy atom. The van der Waals surface area contributed by atoms with Crippen molar-refractivity contribution in [1.29, 1.82) is 0 Å². The van der Waals surface area contributed by atoms with Gasteiger partial charge in [0.2, 0.25) is 0 Å². The van der Waals surface area contributed by atoms with Crippen LogP contribution in [0.2, 0.25) is 0 Å². The molecule has 4 rings (SSSR count). The highest BCUT2D eigenvalue weighted by molar-refractivity contribution is 6.06. The van der Waals surface area contributed by atoms with Crippen molar-refractivity contribution >= 4 is 11.6 Å². The molecule has 7 heteroatoms. The van der Waals surface area contributed by atoms with Gasteiger partial charge in [-0.2, -0.15) is 15.4 Å². The maximum atomic E-state index is 13.1. The number of ether oxygens (including phenoxy) is 1. The van der Waals surface area contributed by atoms with E-state index in [1.807, 2.05) is 30.3 Å². The van der Waals surface area contributed by atoms with Crippen LogP contribution in [0.25, 0.3) is 11.3 Å². The van der Waals surface area contributed by atoms with Crippen LogP contribution < -0.4 is 10.1 Å². The first-order valence-corrected chi connectivity index (χ1v) is 8.94. The summed E-state index contributed by atoms with van der Waals surface area (Å²) in [5.41, 5.74) is 2.74. The van der Waals surface area contributed by atoms with Gasteiger partial charge in [0.15, 0.2) is 5.69 Å². The fourth-order valence-corrected chi connectivity index (χ4v) is 2.76. The molecule has 0 aliphatic heterocycles.